The van der Waals surface area contributed by atoms with Crippen LogP contribution in [0.4, 0.5) is 4.79 Å². The molecule has 0 bridgehead atoms. The molecule has 3 unspecified atom stereocenters. The van der Waals surface area contributed by atoms with E-state index in [4.69, 9.17) is 5.11 Å². The van der Waals surface area contributed by atoms with Gasteiger partial charge in [0, 0.05) is 11.8 Å². The lowest BCUT2D eigenvalue weighted by atomic mass is 9.87. The zero-order valence-electron chi connectivity index (χ0n) is 10.6. The standard InChI is InChI=1S/C12H20N2O3S/c1-8-3-2-4-9(5-8)13-12(17)14-7-18-6-10(14)11(15)16/h8-10H,2-7H2,1H3,(H,13,17)(H,15,16). The topological polar surface area (TPSA) is 69.6 Å². The fraction of sp³-hybridized carbons (Fsp3) is 0.833. The van der Waals surface area contributed by atoms with Gasteiger partial charge in [-0.25, -0.2) is 9.59 Å². The molecule has 0 aromatic carbocycles. The van der Waals surface area contributed by atoms with Crippen molar-refractivity contribution in [2.24, 2.45) is 5.92 Å². The summed E-state index contributed by atoms with van der Waals surface area (Å²) in [5.41, 5.74) is 0. The summed E-state index contributed by atoms with van der Waals surface area (Å²) in [4.78, 5) is 24.5. The second kappa shape index (κ2) is 5.82. The maximum atomic E-state index is 12.1. The highest BCUT2D eigenvalue weighted by Crippen LogP contribution is 2.25. The number of nitrogens with one attached hydrogen (secondary N) is 1. The molecule has 6 heteroatoms. The van der Waals surface area contributed by atoms with Crippen LogP contribution in [0.2, 0.25) is 0 Å². The molecular formula is C12H20N2O3S. The van der Waals surface area contributed by atoms with Crippen LogP contribution in [0.25, 0.3) is 0 Å². The van der Waals surface area contributed by atoms with E-state index in [1.54, 1.807) is 0 Å². The molecule has 0 spiro atoms. The van der Waals surface area contributed by atoms with Crippen molar-refractivity contribution in [2.45, 2.75) is 44.7 Å². The molecule has 1 aliphatic heterocycles. The summed E-state index contributed by atoms with van der Waals surface area (Å²) in [6.45, 7) is 2.20. The lowest BCUT2D eigenvalue weighted by Crippen LogP contribution is -2.50. The van der Waals surface area contributed by atoms with Crippen LogP contribution in [0.3, 0.4) is 0 Å². The Kier molecular flexibility index (Phi) is 4.37. The molecule has 2 N–H and O–H groups in total. The molecule has 18 heavy (non-hydrogen) atoms. The summed E-state index contributed by atoms with van der Waals surface area (Å²) in [6, 6.07) is -0.677. The molecule has 2 rings (SSSR count). The molecule has 2 amide bonds. The van der Waals surface area contributed by atoms with Gasteiger partial charge in [0.2, 0.25) is 0 Å². The maximum absolute atomic E-state index is 12.1. The number of aliphatic carboxylic acids is 1. The van der Waals surface area contributed by atoms with Gasteiger partial charge in [0.25, 0.3) is 0 Å². The number of urea groups is 1. The first kappa shape index (κ1) is 13.5. The average molecular weight is 272 g/mol. The van der Waals surface area contributed by atoms with Crippen molar-refractivity contribution < 1.29 is 14.7 Å². The maximum Gasteiger partial charge on any atom is 0.327 e. The van der Waals surface area contributed by atoms with Crippen molar-refractivity contribution in [2.75, 3.05) is 11.6 Å². The second-order valence-electron chi connectivity index (χ2n) is 5.24. The van der Waals surface area contributed by atoms with Crippen molar-refractivity contribution in [1.82, 2.24) is 10.2 Å². The zero-order chi connectivity index (χ0) is 13.1. The second-order valence-corrected chi connectivity index (χ2v) is 6.24. The molecule has 0 aromatic heterocycles. The van der Waals surface area contributed by atoms with Gasteiger partial charge in [0.15, 0.2) is 0 Å². The van der Waals surface area contributed by atoms with Gasteiger partial charge in [-0.1, -0.05) is 19.8 Å². The first-order valence-corrected chi connectivity index (χ1v) is 7.61. The molecule has 5 nitrogen and oxygen atoms in total. The summed E-state index contributed by atoms with van der Waals surface area (Å²) in [7, 11) is 0. The van der Waals surface area contributed by atoms with E-state index in [1.807, 2.05) is 0 Å². The molecule has 0 radical (unpaired) electrons. The summed E-state index contributed by atoms with van der Waals surface area (Å²) in [5, 5.41) is 12.0. The van der Waals surface area contributed by atoms with Crippen molar-refractivity contribution in [3.05, 3.63) is 0 Å². The highest BCUT2D eigenvalue weighted by Gasteiger charge is 2.35. The Morgan fingerprint density at radius 1 is 1.39 bits per heavy atom. The molecular weight excluding hydrogens is 252 g/mol. The highest BCUT2D eigenvalue weighted by molar-refractivity contribution is 7.99. The predicted molar refractivity (Wildman–Crippen MR) is 70.5 cm³/mol. The Bertz CT molecular complexity index is 337. The Morgan fingerprint density at radius 3 is 2.83 bits per heavy atom. The van der Waals surface area contributed by atoms with E-state index in [9.17, 15) is 9.59 Å². The Morgan fingerprint density at radius 2 is 2.17 bits per heavy atom. The van der Waals surface area contributed by atoms with Gasteiger partial charge < -0.3 is 15.3 Å². The summed E-state index contributed by atoms with van der Waals surface area (Å²) in [6.07, 6.45) is 4.38. The van der Waals surface area contributed by atoms with Crippen molar-refractivity contribution in [3.63, 3.8) is 0 Å². The number of carbonyl (C=O) groups is 2. The summed E-state index contributed by atoms with van der Waals surface area (Å²) >= 11 is 1.49. The third-order valence-electron chi connectivity index (χ3n) is 3.69. The summed E-state index contributed by atoms with van der Waals surface area (Å²) < 4.78 is 0. The van der Waals surface area contributed by atoms with Crippen LogP contribution in [-0.4, -0.2) is 45.7 Å². The van der Waals surface area contributed by atoms with E-state index in [0.717, 1.165) is 19.3 Å². The van der Waals surface area contributed by atoms with E-state index in [2.05, 4.69) is 12.2 Å². The molecule has 1 heterocycles. The first-order chi connectivity index (χ1) is 8.58. The normalized spacial score (nSPS) is 32.3. The van der Waals surface area contributed by atoms with Gasteiger partial charge in [-0.3, -0.25) is 0 Å². The van der Waals surface area contributed by atoms with Crippen molar-refractivity contribution >= 4 is 23.8 Å². The Hall–Kier alpha value is -0.910. The quantitative estimate of drug-likeness (QED) is 0.803. The molecule has 2 aliphatic rings. The third kappa shape index (κ3) is 3.10. The minimum atomic E-state index is -0.910. The predicted octanol–water partition coefficient (Wildman–Crippen LogP) is 1.73. The van der Waals surface area contributed by atoms with Crippen LogP contribution in [0, 0.1) is 5.92 Å². The number of nitrogens with zero attached hydrogens (tertiary/aromatic N) is 1. The van der Waals surface area contributed by atoms with Crippen LogP contribution in [-0.2, 0) is 4.79 Å². The zero-order valence-corrected chi connectivity index (χ0v) is 11.4. The van der Waals surface area contributed by atoms with Gasteiger partial charge in [0.1, 0.15) is 6.04 Å². The van der Waals surface area contributed by atoms with E-state index in [1.165, 1.54) is 23.1 Å². The minimum Gasteiger partial charge on any atom is -0.480 e. The van der Waals surface area contributed by atoms with Gasteiger partial charge in [0.05, 0.1) is 5.88 Å². The molecule has 2 fully saturated rings. The highest BCUT2D eigenvalue weighted by atomic mass is 32.2. The third-order valence-corrected chi connectivity index (χ3v) is 4.70. The number of carbonyl (C=O) groups excluding carboxylic acids is 1. The molecule has 102 valence electrons. The fourth-order valence-electron chi connectivity index (χ4n) is 2.67. The Balaban J connectivity index is 1.89. The molecule has 0 aromatic rings. The lowest BCUT2D eigenvalue weighted by Gasteiger charge is -2.30. The molecule has 1 saturated heterocycles. The fourth-order valence-corrected chi connectivity index (χ4v) is 3.82. The Labute approximate surface area is 111 Å². The van der Waals surface area contributed by atoms with Crippen LogP contribution < -0.4 is 5.32 Å². The number of amides is 2. The van der Waals surface area contributed by atoms with Crippen LogP contribution in [0.15, 0.2) is 0 Å². The van der Waals surface area contributed by atoms with E-state index in [0.29, 0.717) is 17.5 Å². The van der Waals surface area contributed by atoms with Crippen LogP contribution >= 0.6 is 11.8 Å². The number of thioether (sulfide) groups is 1. The monoisotopic (exact) mass is 272 g/mol. The van der Waals surface area contributed by atoms with Gasteiger partial charge in [-0.05, 0) is 18.8 Å². The number of rotatable bonds is 2. The number of carboxylic acid groups (broad SMARTS) is 1. The average Bonchev–Trinajstić information content (AvgIpc) is 2.77. The van der Waals surface area contributed by atoms with E-state index < -0.39 is 12.0 Å². The number of hydrogen-bond acceptors (Lipinski definition) is 3. The number of hydrogen-bond donors (Lipinski definition) is 2. The van der Waals surface area contributed by atoms with Crippen molar-refractivity contribution in [1.29, 1.82) is 0 Å². The lowest BCUT2D eigenvalue weighted by molar-refractivity contribution is -0.140. The smallest absolute Gasteiger partial charge is 0.327 e. The van der Waals surface area contributed by atoms with Gasteiger partial charge >= 0.3 is 12.0 Å². The molecule has 3 atom stereocenters. The van der Waals surface area contributed by atoms with Gasteiger partial charge in [-0.2, -0.15) is 0 Å². The largest absolute Gasteiger partial charge is 0.480 e. The summed E-state index contributed by atoms with van der Waals surface area (Å²) in [5.74, 6) is 0.703. The SMILES string of the molecule is CC1CCCC(NC(=O)N2CSCC2C(=O)O)C1. The number of carboxylic acids is 1. The molecule has 1 aliphatic carbocycles. The molecule has 1 saturated carbocycles. The van der Waals surface area contributed by atoms with Crippen molar-refractivity contribution in [3.8, 4) is 0 Å². The van der Waals surface area contributed by atoms with E-state index in [-0.39, 0.29) is 12.1 Å². The van der Waals surface area contributed by atoms with Crippen LogP contribution in [0.5, 0.6) is 0 Å². The van der Waals surface area contributed by atoms with Gasteiger partial charge in [-0.15, -0.1) is 11.8 Å². The van der Waals surface area contributed by atoms with Crippen LogP contribution in [0.1, 0.15) is 32.6 Å². The minimum absolute atomic E-state index is 0.210. The van der Waals surface area contributed by atoms with E-state index >= 15 is 0 Å². The first-order valence-electron chi connectivity index (χ1n) is 6.45.